The Morgan fingerprint density at radius 2 is 1.89 bits per heavy atom. The zero-order valence-corrected chi connectivity index (χ0v) is 10.3. The summed E-state index contributed by atoms with van der Waals surface area (Å²) < 4.78 is 10.5. The van der Waals surface area contributed by atoms with Gasteiger partial charge in [0.05, 0.1) is 0 Å². The molecule has 0 bridgehead atoms. The van der Waals surface area contributed by atoms with E-state index in [-0.39, 0.29) is 5.70 Å². The highest BCUT2D eigenvalue weighted by Gasteiger charge is 2.24. The maximum Gasteiger partial charge on any atom is 0.363 e. The number of nitrogens with zero attached hydrogens (tertiary/aromatic N) is 1. The molecule has 19 heavy (non-hydrogen) atoms. The van der Waals surface area contributed by atoms with E-state index < -0.39 is 5.97 Å². The first kappa shape index (κ1) is 11.5. The molecule has 1 aliphatic heterocycles. The van der Waals surface area contributed by atoms with E-state index in [1.165, 1.54) is 0 Å². The first-order valence-electron chi connectivity index (χ1n) is 5.87. The molecule has 0 saturated heterocycles. The standard InChI is InChI=1S/C15H11NO3/c1-10-7-8-12(18-10)9-13-15(17)19-14(16-13)11-5-3-2-4-6-11/h2-9H,1H3/b13-9-. The van der Waals surface area contributed by atoms with Crippen LogP contribution in [0.1, 0.15) is 17.1 Å². The minimum Gasteiger partial charge on any atom is -0.462 e. The second-order valence-corrected chi connectivity index (χ2v) is 4.15. The Labute approximate surface area is 110 Å². The number of esters is 1. The van der Waals surface area contributed by atoms with Crippen molar-refractivity contribution >= 4 is 17.9 Å². The number of rotatable bonds is 2. The average molecular weight is 253 g/mol. The van der Waals surface area contributed by atoms with Gasteiger partial charge in [-0.25, -0.2) is 9.79 Å². The van der Waals surface area contributed by atoms with E-state index in [1.807, 2.05) is 43.3 Å². The maximum absolute atomic E-state index is 11.7. The lowest BCUT2D eigenvalue weighted by atomic mass is 10.2. The molecule has 0 radical (unpaired) electrons. The third-order valence-corrected chi connectivity index (χ3v) is 2.68. The zero-order chi connectivity index (χ0) is 13.2. The van der Waals surface area contributed by atoms with E-state index in [0.717, 1.165) is 11.3 Å². The molecule has 1 aromatic carbocycles. The Hall–Kier alpha value is -2.62. The molecule has 0 aliphatic carbocycles. The molecule has 4 nitrogen and oxygen atoms in total. The summed E-state index contributed by atoms with van der Waals surface area (Å²) in [6, 6.07) is 12.9. The summed E-state index contributed by atoms with van der Waals surface area (Å²) in [6.45, 7) is 1.84. The number of aryl methyl sites for hydroxylation is 1. The van der Waals surface area contributed by atoms with Crippen molar-refractivity contribution in [2.24, 2.45) is 4.99 Å². The van der Waals surface area contributed by atoms with Crippen LogP contribution in [0, 0.1) is 6.92 Å². The van der Waals surface area contributed by atoms with Crippen molar-refractivity contribution in [3.05, 3.63) is 65.2 Å². The largest absolute Gasteiger partial charge is 0.462 e. The smallest absolute Gasteiger partial charge is 0.363 e. The van der Waals surface area contributed by atoms with E-state index in [9.17, 15) is 4.79 Å². The Bertz CT molecular complexity index is 680. The van der Waals surface area contributed by atoms with E-state index in [4.69, 9.17) is 9.15 Å². The lowest BCUT2D eigenvalue weighted by molar-refractivity contribution is -0.129. The summed E-state index contributed by atoms with van der Waals surface area (Å²) in [5.74, 6) is 1.22. The number of aliphatic imine (C=N–C) groups is 1. The topological polar surface area (TPSA) is 51.8 Å². The number of carbonyl (C=O) groups excluding carboxylic acids is 1. The average Bonchev–Trinajstić information content (AvgIpc) is 2.98. The number of cyclic esters (lactones) is 1. The first-order chi connectivity index (χ1) is 9.22. The predicted octanol–water partition coefficient (Wildman–Crippen LogP) is 2.93. The summed E-state index contributed by atoms with van der Waals surface area (Å²) in [4.78, 5) is 15.9. The summed E-state index contributed by atoms with van der Waals surface area (Å²) in [7, 11) is 0. The van der Waals surface area contributed by atoms with Crippen LogP contribution in [-0.4, -0.2) is 11.9 Å². The Morgan fingerprint density at radius 3 is 2.58 bits per heavy atom. The van der Waals surface area contributed by atoms with Crippen LogP contribution in [0.2, 0.25) is 0 Å². The molecule has 0 spiro atoms. The molecule has 0 amide bonds. The number of hydrogen-bond donors (Lipinski definition) is 0. The fourth-order valence-corrected chi connectivity index (χ4v) is 1.78. The molecule has 0 unspecified atom stereocenters. The van der Waals surface area contributed by atoms with Crippen molar-refractivity contribution in [3.63, 3.8) is 0 Å². The molecule has 1 aromatic heterocycles. The molecule has 0 atom stereocenters. The molecular formula is C15H11NO3. The van der Waals surface area contributed by atoms with Gasteiger partial charge < -0.3 is 9.15 Å². The Kier molecular flexibility index (Phi) is 2.76. The fraction of sp³-hybridized carbons (Fsp3) is 0.0667. The lowest BCUT2D eigenvalue weighted by Crippen LogP contribution is -2.04. The number of carbonyl (C=O) groups is 1. The van der Waals surface area contributed by atoms with Crippen molar-refractivity contribution in [1.82, 2.24) is 0 Å². The Balaban J connectivity index is 1.94. The van der Waals surface area contributed by atoms with E-state index in [0.29, 0.717) is 11.7 Å². The maximum atomic E-state index is 11.7. The van der Waals surface area contributed by atoms with Crippen LogP contribution in [0.3, 0.4) is 0 Å². The predicted molar refractivity (Wildman–Crippen MR) is 70.5 cm³/mol. The lowest BCUT2D eigenvalue weighted by Gasteiger charge is -1.97. The minimum absolute atomic E-state index is 0.244. The summed E-state index contributed by atoms with van der Waals surface area (Å²) in [5.41, 5.74) is 1.02. The normalized spacial score (nSPS) is 16.6. The van der Waals surface area contributed by atoms with Crippen LogP contribution in [-0.2, 0) is 9.53 Å². The van der Waals surface area contributed by atoms with Crippen molar-refractivity contribution in [1.29, 1.82) is 0 Å². The van der Waals surface area contributed by atoms with E-state index in [1.54, 1.807) is 12.1 Å². The highest BCUT2D eigenvalue weighted by atomic mass is 16.6. The highest BCUT2D eigenvalue weighted by molar-refractivity contribution is 6.12. The van der Waals surface area contributed by atoms with Crippen molar-refractivity contribution in [2.45, 2.75) is 6.92 Å². The molecule has 0 saturated carbocycles. The van der Waals surface area contributed by atoms with Crippen LogP contribution in [0.4, 0.5) is 0 Å². The van der Waals surface area contributed by atoms with Gasteiger partial charge in [0.1, 0.15) is 11.5 Å². The van der Waals surface area contributed by atoms with Crippen LogP contribution >= 0.6 is 0 Å². The van der Waals surface area contributed by atoms with Gasteiger partial charge in [0.25, 0.3) is 0 Å². The zero-order valence-electron chi connectivity index (χ0n) is 10.3. The summed E-state index contributed by atoms with van der Waals surface area (Å²) in [5, 5.41) is 0. The molecular weight excluding hydrogens is 242 g/mol. The van der Waals surface area contributed by atoms with Gasteiger partial charge in [0, 0.05) is 11.6 Å². The number of furan rings is 1. The van der Waals surface area contributed by atoms with Gasteiger partial charge in [0.15, 0.2) is 5.70 Å². The third kappa shape index (κ3) is 2.33. The summed E-state index contributed by atoms with van der Waals surface area (Å²) >= 11 is 0. The molecule has 94 valence electrons. The van der Waals surface area contributed by atoms with Crippen molar-refractivity contribution in [2.75, 3.05) is 0 Å². The van der Waals surface area contributed by atoms with Gasteiger partial charge in [-0.2, -0.15) is 0 Å². The van der Waals surface area contributed by atoms with Gasteiger partial charge in [-0.1, -0.05) is 18.2 Å². The van der Waals surface area contributed by atoms with Crippen LogP contribution in [0.25, 0.3) is 6.08 Å². The second kappa shape index (κ2) is 4.57. The fourth-order valence-electron chi connectivity index (χ4n) is 1.78. The van der Waals surface area contributed by atoms with E-state index in [2.05, 4.69) is 4.99 Å². The number of hydrogen-bond acceptors (Lipinski definition) is 4. The molecule has 2 heterocycles. The monoisotopic (exact) mass is 253 g/mol. The molecule has 0 N–H and O–H groups in total. The number of ether oxygens (including phenoxy) is 1. The van der Waals surface area contributed by atoms with Crippen LogP contribution in [0.5, 0.6) is 0 Å². The molecule has 2 aromatic rings. The SMILES string of the molecule is Cc1ccc(/C=C2\N=C(c3ccccc3)OC2=O)o1. The quantitative estimate of drug-likeness (QED) is 0.610. The van der Waals surface area contributed by atoms with Gasteiger partial charge in [0.2, 0.25) is 5.90 Å². The highest BCUT2D eigenvalue weighted by Crippen LogP contribution is 2.19. The van der Waals surface area contributed by atoms with Gasteiger partial charge in [-0.15, -0.1) is 0 Å². The number of benzene rings is 1. The van der Waals surface area contributed by atoms with Crippen molar-refractivity contribution < 1.29 is 13.9 Å². The van der Waals surface area contributed by atoms with Gasteiger partial charge in [-0.3, -0.25) is 0 Å². The van der Waals surface area contributed by atoms with Gasteiger partial charge >= 0.3 is 5.97 Å². The van der Waals surface area contributed by atoms with Crippen LogP contribution < -0.4 is 0 Å². The third-order valence-electron chi connectivity index (χ3n) is 2.68. The first-order valence-corrected chi connectivity index (χ1v) is 5.87. The molecule has 1 aliphatic rings. The molecule has 4 heteroatoms. The van der Waals surface area contributed by atoms with E-state index >= 15 is 0 Å². The summed E-state index contributed by atoms with van der Waals surface area (Å²) in [6.07, 6.45) is 1.57. The van der Waals surface area contributed by atoms with Crippen molar-refractivity contribution in [3.8, 4) is 0 Å². The minimum atomic E-state index is -0.465. The molecule has 0 fully saturated rings. The molecule has 3 rings (SSSR count). The Morgan fingerprint density at radius 1 is 1.11 bits per heavy atom. The second-order valence-electron chi connectivity index (χ2n) is 4.15. The van der Waals surface area contributed by atoms with Crippen LogP contribution in [0.15, 0.2) is 57.6 Å². The van der Waals surface area contributed by atoms with Gasteiger partial charge in [-0.05, 0) is 31.2 Å².